The molecule has 1 saturated carbocycles. The zero-order valence-corrected chi connectivity index (χ0v) is 12.0. The number of rotatable bonds is 3. The third-order valence-electron chi connectivity index (χ3n) is 3.98. The Morgan fingerprint density at radius 3 is 2.58 bits per heavy atom. The van der Waals surface area contributed by atoms with E-state index in [1.165, 1.54) is 12.8 Å². The Labute approximate surface area is 112 Å². The van der Waals surface area contributed by atoms with Gasteiger partial charge in [-0.1, -0.05) is 13.8 Å². The summed E-state index contributed by atoms with van der Waals surface area (Å²) >= 11 is 0. The lowest BCUT2D eigenvalue weighted by atomic mass is 10.0. The smallest absolute Gasteiger partial charge is 0.246 e. The molecule has 0 spiro atoms. The highest BCUT2D eigenvalue weighted by Gasteiger charge is 2.24. The maximum atomic E-state index is 12.4. The minimum atomic E-state index is -0.0506. The van der Waals surface area contributed by atoms with Crippen LogP contribution in [0.25, 0.3) is 5.78 Å². The van der Waals surface area contributed by atoms with Crippen LogP contribution in [-0.2, 0) is 6.54 Å². The van der Waals surface area contributed by atoms with E-state index in [9.17, 15) is 4.79 Å². The molecule has 3 rings (SSSR count). The van der Waals surface area contributed by atoms with Gasteiger partial charge in [0.1, 0.15) is 0 Å². The summed E-state index contributed by atoms with van der Waals surface area (Å²) < 4.78 is 3.22. The Morgan fingerprint density at radius 2 is 2.00 bits per heavy atom. The van der Waals surface area contributed by atoms with Crippen LogP contribution in [-0.4, -0.2) is 19.2 Å². The molecule has 0 aromatic carbocycles. The zero-order valence-electron chi connectivity index (χ0n) is 12.0. The van der Waals surface area contributed by atoms with Gasteiger partial charge in [-0.05, 0) is 44.1 Å². The molecule has 0 saturated heterocycles. The number of fused-ring (bicyclic) bond motifs is 1. The van der Waals surface area contributed by atoms with Crippen LogP contribution in [0, 0.1) is 19.8 Å². The van der Waals surface area contributed by atoms with E-state index < -0.39 is 0 Å². The van der Waals surface area contributed by atoms with Gasteiger partial charge in [-0.15, -0.1) is 5.10 Å². The van der Waals surface area contributed by atoms with Crippen molar-refractivity contribution in [1.29, 1.82) is 0 Å². The number of aromatic nitrogens is 4. The molecule has 2 aromatic rings. The van der Waals surface area contributed by atoms with Gasteiger partial charge < -0.3 is 0 Å². The van der Waals surface area contributed by atoms with Gasteiger partial charge in [0, 0.05) is 12.2 Å². The van der Waals surface area contributed by atoms with Gasteiger partial charge in [0.05, 0.1) is 5.69 Å². The molecule has 1 aliphatic carbocycles. The van der Waals surface area contributed by atoms with Crippen LogP contribution >= 0.6 is 0 Å². The SMILES string of the molecule is Cc1c(C(C)C)nc2nn(CC3CC3)c(=O)n2c1C. The largest absolute Gasteiger partial charge is 0.351 e. The molecule has 0 unspecified atom stereocenters. The second-order valence-corrected chi connectivity index (χ2v) is 5.91. The fraction of sp³-hybridized carbons (Fsp3) is 0.643. The van der Waals surface area contributed by atoms with Crippen molar-refractivity contribution in [2.24, 2.45) is 5.92 Å². The first-order chi connectivity index (χ1) is 8.99. The highest BCUT2D eigenvalue weighted by atomic mass is 16.2. The van der Waals surface area contributed by atoms with Crippen molar-refractivity contribution in [3.63, 3.8) is 0 Å². The Bertz CT molecular complexity index is 692. The third-order valence-corrected chi connectivity index (χ3v) is 3.98. The molecule has 5 heteroatoms. The maximum absolute atomic E-state index is 12.4. The molecule has 0 radical (unpaired) electrons. The fourth-order valence-corrected chi connectivity index (χ4v) is 2.53. The minimum absolute atomic E-state index is 0.0506. The van der Waals surface area contributed by atoms with Crippen molar-refractivity contribution in [3.8, 4) is 0 Å². The summed E-state index contributed by atoms with van der Waals surface area (Å²) in [5.74, 6) is 1.51. The lowest BCUT2D eigenvalue weighted by Crippen LogP contribution is -2.23. The average molecular weight is 260 g/mol. The van der Waals surface area contributed by atoms with E-state index >= 15 is 0 Å². The first-order valence-corrected chi connectivity index (χ1v) is 6.95. The monoisotopic (exact) mass is 260 g/mol. The van der Waals surface area contributed by atoms with Crippen LogP contribution in [0.1, 0.15) is 49.6 Å². The molecule has 102 valence electrons. The average Bonchev–Trinajstić information content (AvgIpc) is 3.10. The topological polar surface area (TPSA) is 52.2 Å². The minimum Gasteiger partial charge on any atom is -0.246 e. The predicted molar refractivity (Wildman–Crippen MR) is 73.5 cm³/mol. The maximum Gasteiger partial charge on any atom is 0.351 e. The third kappa shape index (κ3) is 1.97. The second-order valence-electron chi connectivity index (χ2n) is 5.91. The highest BCUT2D eigenvalue weighted by molar-refractivity contribution is 5.37. The van der Waals surface area contributed by atoms with Crippen molar-refractivity contribution >= 4 is 5.78 Å². The highest BCUT2D eigenvalue weighted by Crippen LogP contribution is 2.30. The van der Waals surface area contributed by atoms with Crippen molar-refractivity contribution in [3.05, 3.63) is 27.4 Å². The Morgan fingerprint density at radius 1 is 1.32 bits per heavy atom. The van der Waals surface area contributed by atoms with Gasteiger partial charge in [0.2, 0.25) is 0 Å². The van der Waals surface area contributed by atoms with Gasteiger partial charge in [-0.2, -0.15) is 0 Å². The molecule has 2 heterocycles. The van der Waals surface area contributed by atoms with Gasteiger partial charge in [-0.3, -0.25) is 0 Å². The summed E-state index contributed by atoms with van der Waals surface area (Å²) in [5, 5.41) is 4.39. The summed E-state index contributed by atoms with van der Waals surface area (Å²) in [7, 11) is 0. The standard InChI is InChI=1S/C14H20N4O/c1-8(2)12-9(3)10(4)18-13(15-12)16-17(14(18)19)7-11-5-6-11/h8,11H,5-7H2,1-4H3. The quantitative estimate of drug-likeness (QED) is 0.848. The summed E-state index contributed by atoms with van der Waals surface area (Å²) in [6, 6.07) is 0. The number of hydrogen-bond acceptors (Lipinski definition) is 3. The van der Waals surface area contributed by atoms with E-state index in [1.807, 2.05) is 13.8 Å². The van der Waals surface area contributed by atoms with E-state index in [1.54, 1.807) is 9.08 Å². The summed E-state index contributed by atoms with van der Waals surface area (Å²) in [4.78, 5) is 16.9. The first kappa shape index (κ1) is 12.4. The van der Waals surface area contributed by atoms with Crippen LogP contribution in [0.3, 0.4) is 0 Å². The Balaban J connectivity index is 2.22. The van der Waals surface area contributed by atoms with Crippen molar-refractivity contribution in [2.75, 3.05) is 0 Å². The van der Waals surface area contributed by atoms with Crippen LogP contribution in [0.4, 0.5) is 0 Å². The van der Waals surface area contributed by atoms with Gasteiger partial charge in [0.15, 0.2) is 0 Å². The van der Waals surface area contributed by atoms with Gasteiger partial charge >= 0.3 is 5.69 Å². The molecular formula is C14H20N4O. The molecule has 1 fully saturated rings. The lowest BCUT2D eigenvalue weighted by Gasteiger charge is -2.11. The summed E-state index contributed by atoms with van der Waals surface area (Å²) in [6.07, 6.45) is 2.42. The zero-order chi connectivity index (χ0) is 13.7. The number of nitrogens with zero attached hydrogens (tertiary/aromatic N) is 4. The Hall–Kier alpha value is -1.65. The second kappa shape index (κ2) is 4.18. The van der Waals surface area contributed by atoms with E-state index in [2.05, 4.69) is 23.9 Å². The first-order valence-electron chi connectivity index (χ1n) is 6.95. The molecule has 0 N–H and O–H groups in total. The molecule has 19 heavy (non-hydrogen) atoms. The predicted octanol–water partition coefficient (Wildman–Crippen LogP) is 2.04. The van der Waals surface area contributed by atoms with Crippen LogP contribution in [0.5, 0.6) is 0 Å². The van der Waals surface area contributed by atoms with Crippen LogP contribution in [0.2, 0.25) is 0 Å². The Kier molecular flexibility index (Phi) is 2.73. The molecule has 0 amide bonds. The summed E-state index contributed by atoms with van der Waals surface area (Å²) in [6.45, 7) is 8.97. The lowest BCUT2D eigenvalue weighted by molar-refractivity contribution is 0.544. The van der Waals surface area contributed by atoms with Crippen molar-refractivity contribution in [2.45, 2.75) is 53.0 Å². The van der Waals surface area contributed by atoms with Crippen molar-refractivity contribution in [1.82, 2.24) is 19.2 Å². The number of aryl methyl sites for hydroxylation is 1. The van der Waals surface area contributed by atoms with E-state index in [-0.39, 0.29) is 5.69 Å². The number of hydrogen-bond donors (Lipinski definition) is 0. The molecule has 5 nitrogen and oxygen atoms in total. The van der Waals surface area contributed by atoms with E-state index in [0.29, 0.717) is 17.6 Å². The van der Waals surface area contributed by atoms with E-state index in [4.69, 9.17) is 0 Å². The molecule has 0 bridgehead atoms. The molecule has 1 aliphatic rings. The van der Waals surface area contributed by atoms with Gasteiger partial charge in [-0.25, -0.2) is 18.9 Å². The molecule has 0 aliphatic heterocycles. The normalized spacial score (nSPS) is 15.6. The van der Waals surface area contributed by atoms with Gasteiger partial charge in [0.25, 0.3) is 5.78 Å². The van der Waals surface area contributed by atoms with Crippen molar-refractivity contribution < 1.29 is 0 Å². The fourth-order valence-electron chi connectivity index (χ4n) is 2.53. The van der Waals surface area contributed by atoms with Crippen LogP contribution < -0.4 is 5.69 Å². The molecule has 0 atom stereocenters. The summed E-state index contributed by atoms with van der Waals surface area (Å²) in [5.41, 5.74) is 3.04. The van der Waals surface area contributed by atoms with Crippen LogP contribution in [0.15, 0.2) is 4.79 Å². The molecular weight excluding hydrogens is 240 g/mol. The van der Waals surface area contributed by atoms with E-state index in [0.717, 1.165) is 23.5 Å². The molecule has 2 aromatic heterocycles.